The summed E-state index contributed by atoms with van der Waals surface area (Å²) in [5.74, 6) is -0.00223. The lowest BCUT2D eigenvalue weighted by Crippen LogP contribution is -2.43. The molecule has 4 N–H and O–H groups in total. The van der Waals surface area contributed by atoms with Crippen LogP contribution in [0, 0.1) is 12.8 Å². The summed E-state index contributed by atoms with van der Waals surface area (Å²) in [6, 6.07) is 5.05. The van der Waals surface area contributed by atoms with E-state index in [4.69, 9.17) is 20.0 Å². The van der Waals surface area contributed by atoms with Gasteiger partial charge in [0.05, 0.1) is 16.5 Å². The Hall–Kier alpha value is -2.79. The molecule has 4 rings (SSSR count). The number of benzene rings is 1. The first-order valence-corrected chi connectivity index (χ1v) is 11.9. The van der Waals surface area contributed by atoms with Crippen LogP contribution in [0.4, 0.5) is 0 Å². The van der Waals surface area contributed by atoms with Crippen molar-refractivity contribution in [1.82, 2.24) is 4.98 Å². The number of fused-ring (bicyclic) bond motifs is 1. The molecule has 0 amide bonds. The van der Waals surface area contributed by atoms with Crippen molar-refractivity contribution in [2.75, 3.05) is 0 Å². The topological polar surface area (TPSA) is 139 Å². The SMILES string of the molecule is Cc1c(C(N)c2cccc(S(N)(=O)=O)c2)c(=O)oc2c1=CC(C)C(Oc1nccs1)C=2. The number of sulfonamides is 1. The van der Waals surface area contributed by atoms with Gasteiger partial charge in [0.25, 0.3) is 5.19 Å². The highest BCUT2D eigenvalue weighted by Gasteiger charge is 2.24. The number of thiazole rings is 1. The number of nitrogens with two attached hydrogens (primary N) is 2. The fourth-order valence-electron chi connectivity index (χ4n) is 3.62. The number of ether oxygens (including phenoxy) is 1. The first-order valence-electron chi connectivity index (χ1n) is 9.47. The van der Waals surface area contributed by atoms with Gasteiger partial charge in [-0.3, -0.25) is 0 Å². The molecule has 10 heteroatoms. The van der Waals surface area contributed by atoms with Gasteiger partial charge in [-0.25, -0.2) is 23.3 Å². The van der Waals surface area contributed by atoms with E-state index < -0.39 is 21.7 Å². The highest BCUT2D eigenvalue weighted by atomic mass is 32.2. The van der Waals surface area contributed by atoms with E-state index in [9.17, 15) is 13.2 Å². The summed E-state index contributed by atoms with van der Waals surface area (Å²) in [6.07, 6.45) is 5.08. The summed E-state index contributed by atoms with van der Waals surface area (Å²) in [6.45, 7) is 3.80. The second-order valence-electron chi connectivity index (χ2n) is 7.37. The summed E-state index contributed by atoms with van der Waals surface area (Å²) >= 11 is 1.39. The summed E-state index contributed by atoms with van der Waals surface area (Å²) in [5.41, 5.74) is 7.58. The highest BCUT2D eigenvalue weighted by Crippen LogP contribution is 2.23. The van der Waals surface area contributed by atoms with Gasteiger partial charge >= 0.3 is 5.63 Å². The van der Waals surface area contributed by atoms with Crippen molar-refractivity contribution in [3.63, 3.8) is 0 Å². The Morgan fingerprint density at radius 2 is 2.06 bits per heavy atom. The first-order chi connectivity index (χ1) is 14.6. The Labute approximate surface area is 182 Å². The van der Waals surface area contributed by atoms with Gasteiger partial charge in [0.15, 0.2) is 0 Å². The molecule has 0 saturated carbocycles. The fourth-order valence-corrected chi connectivity index (χ4v) is 4.72. The number of hydrogen-bond acceptors (Lipinski definition) is 8. The Bertz CT molecular complexity index is 1410. The van der Waals surface area contributed by atoms with Crippen LogP contribution in [0.3, 0.4) is 0 Å². The lowest BCUT2D eigenvalue weighted by molar-refractivity contribution is 0.226. The van der Waals surface area contributed by atoms with Gasteiger partial charge in [-0.05, 0) is 30.2 Å². The molecule has 0 aliphatic heterocycles. The van der Waals surface area contributed by atoms with Gasteiger partial charge < -0.3 is 14.9 Å². The molecule has 2 heterocycles. The molecule has 3 unspecified atom stereocenters. The van der Waals surface area contributed by atoms with Crippen LogP contribution in [-0.2, 0) is 10.0 Å². The van der Waals surface area contributed by atoms with Gasteiger partial charge in [0.1, 0.15) is 11.5 Å². The molecule has 31 heavy (non-hydrogen) atoms. The zero-order valence-electron chi connectivity index (χ0n) is 16.8. The van der Waals surface area contributed by atoms with E-state index in [1.807, 2.05) is 18.4 Å². The van der Waals surface area contributed by atoms with Crippen LogP contribution in [0.2, 0.25) is 0 Å². The molecule has 8 nitrogen and oxygen atoms in total. The summed E-state index contributed by atoms with van der Waals surface area (Å²) in [4.78, 5) is 16.9. The summed E-state index contributed by atoms with van der Waals surface area (Å²) in [5, 5.41) is 8.34. The van der Waals surface area contributed by atoms with Crippen molar-refractivity contribution in [1.29, 1.82) is 0 Å². The summed E-state index contributed by atoms with van der Waals surface area (Å²) < 4.78 is 34.9. The maximum absolute atomic E-state index is 12.8. The van der Waals surface area contributed by atoms with E-state index in [-0.39, 0.29) is 22.5 Å². The number of hydrogen-bond donors (Lipinski definition) is 2. The number of rotatable bonds is 5. The molecule has 0 bridgehead atoms. The molecular weight excluding hydrogens is 438 g/mol. The van der Waals surface area contributed by atoms with E-state index >= 15 is 0 Å². The predicted molar refractivity (Wildman–Crippen MR) is 117 cm³/mol. The average molecular weight is 460 g/mol. The Kier molecular flexibility index (Phi) is 5.56. The molecule has 0 radical (unpaired) electrons. The van der Waals surface area contributed by atoms with Crippen molar-refractivity contribution < 1.29 is 17.6 Å². The lowest BCUT2D eigenvalue weighted by atomic mass is 9.92. The molecule has 162 valence electrons. The van der Waals surface area contributed by atoms with Gasteiger partial charge in [0, 0.05) is 28.8 Å². The van der Waals surface area contributed by atoms with E-state index in [2.05, 4.69) is 4.98 Å². The monoisotopic (exact) mass is 459 g/mol. The molecule has 1 aromatic carbocycles. The van der Waals surface area contributed by atoms with E-state index in [1.54, 1.807) is 25.3 Å². The largest absolute Gasteiger partial charge is 0.462 e. The van der Waals surface area contributed by atoms with Crippen LogP contribution in [0.5, 0.6) is 5.19 Å². The van der Waals surface area contributed by atoms with Crippen molar-refractivity contribution in [3.8, 4) is 5.19 Å². The third-order valence-electron chi connectivity index (χ3n) is 5.26. The third-order valence-corrected chi connectivity index (χ3v) is 6.83. The van der Waals surface area contributed by atoms with Crippen LogP contribution < -0.4 is 31.9 Å². The van der Waals surface area contributed by atoms with Gasteiger partial charge in [-0.15, -0.1) is 0 Å². The smallest absolute Gasteiger partial charge is 0.341 e. The van der Waals surface area contributed by atoms with Crippen LogP contribution >= 0.6 is 11.3 Å². The summed E-state index contributed by atoms with van der Waals surface area (Å²) in [7, 11) is -3.90. The van der Waals surface area contributed by atoms with Gasteiger partial charge in [0.2, 0.25) is 10.0 Å². The number of primary sulfonamides is 1. The van der Waals surface area contributed by atoms with Gasteiger partial charge in [-0.2, -0.15) is 0 Å². The average Bonchev–Trinajstić information content (AvgIpc) is 3.22. The Morgan fingerprint density at radius 1 is 1.29 bits per heavy atom. The second kappa shape index (κ2) is 8.04. The maximum atomic E-state index is 12.8. The molecule has 1 aliphatic carbocycles. The highest BCUT2D eigenvalue weighted by molar-refractivity contribution is 7.89. The molecule has 3 atom stereocenters. The van der Waals surface area contributed by atoms with Crippen LogP contribution in [0.1, 0.15) is 29.7 Å². The minimum atomic E-state index is -3.90. The van der Waals surface area contributed by atoms with E-state index in [0.29, 0.717) is 21.7 Å². The molecule has 0 saturated heterocycles. The minimum Gasteiger partial charge on any atom is -0.462 e. The third kappa shape index (κ3) is 4.19. The second-order valence-corrected chi connectivity index (χ2v) is 9.79. The van der Waals surface area contributed by atoms with E-state index in [0.717, 1.165) is 5.22 Å². The standard InChI is InChI=1S/C21H21N3O5S2/c1-11-8-15-12(2)18(19(22)13-4-3-5-14(9-13)31(23,26)27)20(25)28-17(15)10-16(11)29-21-24-6-7-30-21/h3-11,16,19H,22H2,1-2H3,(H2,23,26,27). The number of nitrogens with zero attached hydrogens (tertiary/aromatic N) is 1. The van der Waals surface area contributed by atoms with Crippen molar-refractivity contribution in [2.24, 2.45) is 16.8 Å². The maximum Gasteiger partial charge on any atom is 0.341 e. The molecule has 0 spiro atoms. The zero-order valence-corrected chi connectivity index (χ0v) is 18.4. The van der Waals surface area contributed by atoms with Crippen molar-refractivity contribution in [3.05, 3.63) is 73.6 Å². The molecule has 0 fully saturated rings. The van der Waals surface area contributed by atoms with Crippen LogP contribution in [0.25, 0.3) is 12.2 Å². The molecule has 3 aromatic rings. The quantitative estimate of drug-likeness (QED) is 0.574. The minimum absolute atomic E-state index is 0.00223. The van der Waals surface area contributed by atoms with Crippen LogP contribution in [0.15, 0.2) is 49.9 Å². The van der Waals surface area contributed by atoms with Crippen molar-refractivity contribution in [2.45, 2.75) is 30.9 Å². The molecule has 1 aliphatic rings. The van der Waals surface area contributed by atoms with Crippen LogP contribution in [-0.4, -0.2) is 19.5 Å². The lowest BCUT2D eigenvalue weighted by Gasteiger charge is -2.22. The van der Waals surface area contributed by atoms with Crippen molar-refractivity contribution >= 4 is 33.5 Å². The normalized spacial score (nSPS) is 19.1. The Balaban J connectivity index is 1.79. The number of aromatic nitrogens is 1. The molecule has 2 aromatic heterocycles. The van der Waals surface area contributed by atoms with E-state index in [1.165, 1.54) is 29.5 Å². The zero-order chi connectivity index (χ0) is 22.3. The first kappa shape index (κ1) is 21.4. The van der Waals surface area contributed by atoms with Gasteiger partial charge in [-0.1, -0.05) is 36.5 Å². The predicted octanol–water partition coefficient (Wildman–Crippen LogP) is 0.759. The fraction of sp³-hybridized carbons (Fsp3) is 0.238. The molecular formula is C21H21N3O5S2. The Morgan fingerprint density at radius 3 is 2.74 bits per heavy atom.